The van der Waals surface area contributed by atoms with Gasteiger partial charge in [-0.3, -0.25) is 0 Å². The van der Waals surface area contributed by atoms with Crippen molar-refractivity contribution >= 4 is 18.0 Å². The van der Waals surface area contributed by atoms with E-state index in [-0.39, 0.29) is 5.25 Å². The van der Waals surface area contributed by atoms with E-state index in [2.05, 4.69) is 16.9 Å². The van der Waals surface area contributed by atoms with Gasteiger partial charge in [0, 0.05) is 0 Å². The molecular formula is C13H18N2O3S. The smallest absolute Gasteiger partial charge is 0.220 e. The van der Waals surface area contributed by atoms with Gasteiger partial charge in [0.1, 0.15) is 6.29 Å². The van der Waals surface area contributed by atoms with E-state index >= 15 is 0 Å². The molecule has 0 radical (unpaired) electrons. The normalized spacial score (nSPS) is 17.6. The highest BCUT2D eigenvalue weighted by atomic mass is 32.2. The maximum atomic E-state index is 11.3. The van der Waals surface area contributed by atoms with Gasteiger partial charge in [-0.1, -0.05) is 18.7 Å². The average molecular weight is 282 g/mol. The van der Waals surface area contributed by atoms with Gasteiger partial charge < -0.3 is 14.3 Å². The van der Waals surface area contributed by atoms with Crippen LogP contribution >= 0.6 is 11.8 Å². The molecule has 2 atom stereocenters. The first-order valence-corrected chi connectivity index (χ1v) is 7.15. The molecular weight excluding hydrogens is 264 g/mol. The maximum Gasteiger partial charge on any atom is 0.220 e. The largest absolute Gasteiger partial charge is 0.481 e. The summed E-state index contributed by atoms with van der Waals surface area (Å²) in [5.74, 6) is 1.90. The van der Waals surface area contributed by atoms with E-state index in [1.165, 1.54) is 24.6 Å². The summed E-state index contributed by atoms with van der Waals surface area (Å²) in [5.41, 5.74) is 0. The van der Waals surface area contributed by atoms with Gasteiger partial charge in [-0.15, -0.1) is 0 Å². The molecule has 2 rings (SSSR count). The predicted molar refractivity (Wildman–Crippen MR) is 72.7 cm³/mol. The minimum absolute atomic E-state index is 0.121. The van der Waals surface area contributed by atoms with Crippen LogP contribution in [0.25, 0.3) is 0 Å². The van der Waals surface area contributed by atoms with Gasteiger partial charge in [-0.25, -0.2) is 0 Å². The van der Waals surface area contributed by atoms with Crippen LogP contribution in [0.2, 0.25) is 0 Å². The van der Waals surface area contributed by atoms with Crippen LogP contribution in [-0.2, 0) is 4.79 Å². The zero-order valence-electron chi connectivity index (χ0n) is 11.3. The van der Waals surface area contributed by atoms with E-state index in [9.17, 15) is 4.79 Å². The third-order valence-electron chi connectivity index (χ3n) is 3.34. The number of aromatic nitrogens is 2. The SMILES string of the molecule is COc1cc(OC)nc(SC(C=O)C(C)C2CC2)n1. The Morgan fingerprint density at radius 2 is 1.89 bits per heavy atom. The molecule has 0 bridgehead atoms. The van der Waals surface area contributed by atoms with Crippen LogP contribution < -0.4 is 9.47 Å². The minimum atomic E-state index is -0.121. The highest BCUT2D eigenvalue weighted by Crippen LogP contribution is 2.42. The fourth-order valence-corrected chi connectivity index (χ4v) is 2.94. The van der Waals surface area contributed by atoms with Gasteiger partial charge in [-0.2, -0.15) is 9.97 Å². The van der Waals surface area contributed by atoms with Crippen LogP contribution in [0.4, 0.5) is 0 Å². The summed E-state index contributed by atoms with van der Waals surface area (Å²) >= 11 is 1.37. The highest BCUT2D eigenvalue weighted by Gasteiger charge is 2.34. The van der Waals surface area contributed by atoms with Gasteiger partial charge in [-0.05, 0) is 24.7 Å². The van der Waals surface area contributed by atoms with Crippen molar-refractivity contribution in [2.24, 2.45) is 11.8 Å². The fourth-order valence-electron chi connectivity index (χ4n) is 1.92. The molecule has 1 saturated carbocycles. The molecule has 0 N–H and O–H groups in total. The van der Waals surface area contributed by atoms with Gasteiger partial charge in [0.05, 0.1) is 25.5 Å². The second-order valence-electron chi connectivity index (χ2n) is 4.65. The van der Waals surface area contributed by atoms with Gasteiger partial charge >= 0.3 is 0 Å². The number of thioether (sulfide) groups is 1. The lowest BCUT2D eigenvalue weighted by molar-refractivity contribution is -0.108. The van der Waals surface area contributed by atoms with Crippen molar-refractivity contribution in [3.63, 3.8) is 0 Å². The van der Waals surface area contributed by atoms with Crippen LogP contribution in [-0.4, -0.2) is 35.7 Å². The Morgan fingerprint density at radius 1 is 1.32 bits per heavy atom. The van der Waals surface area contributed by atoms with Crippen molar-refractivity contribution in [1.29, 1.82) is 0 Å². The topological polar surface area (TPSA) is 61.3 Å². The van der Waals surface area contributed by atoms with Crippen LogP contribution in [0, 0.1) is 11.8 Å². The zero-order valence-corrected chi connectivity index (χ0v) is 12.1. The number of rotatable bonds is 7. The van der Waals surface area contributed by atoms with Gasteiger partial charge in [0.25, 0.3) is 0 Å². The number of aldehydes is 1. The lowest BCUT2D eigenvalue weighted by Crippen LogP contribution is -2.18. The molecule has 6 heteroatoms. The number of carbonyl (C=O) groups excluding carboxylic acids is 1. The van der Waals surface area contributed by atoms with E-state index in [1.807, 2.05) is 0 Å². The second-order valence-corrected chi connectivity index (χ2v) is 5.80. The zero-order chi connectivity index (χ0) is 13.8. The van der Waals surface area contributed by atoms with E-state index in [0.29, 0.717) is 28.8 Å². The van der Waals surface area contributed by atoms with Crippen molar-refractivity contribution in [3.05, 3.63) is 6.07 Å². The van der Waals surface area contributed by atoms with Crippen molar-refractivity contribution in [2.45, 2.75) is 30.2 Å². The monoisotopic (exact) mass is 282 g/mol. The molecule has 1 aromatic rings. The first kappa shape index (κ1) is 14.1. The maximum absolute atomic E-state index is 11.3. The average Bonchev–Trinajstić information content (AvgIpc) is 3.28. The molecule has 1 aliphatic rings. The molecule has 1 aliphatic carbocycles. The molecule has 104 valence electrons. The molecule has 2 unspecified atom stereocenters. The molecule has 0 aromatic carbocycles. The summed E-state index contributed by atoms with van der Waals surface area (Å²) in [6.45, 7) is 2.11. The Balaban J connectivity index is 2.13. The predicted octanol–water partition coefficient (Wildman–Crippen LogP) is 2.20. The third-order valence-corrected chi connectivity index (χ3v) is 4.54. The fraction of sp³-hybridized carbons (Fsp3) is 0.615. The van der Waals surface area contributed by atoms with Crippen molar-refractivity contribution in [1.82, 2.24) is 9.97 Å². The molecule has 0 spiro atoms. The lowest BCUT2D eigenvalue weighted by Gasteiger charge is -2.17. The van der Waals surface area contributed by atoms with Crippen molar-refractivity contribution in [3.8, 4) is 11.8 Å². The Labute approximate surface area is 117 Å². The Bertz CT molecular complexity index is 429. The summed E-state index contributed by atoms with van der Waals surface area (Å²) in [7, 11) is 3.08. The number of hydrogen-bond donors (Lipinski definition) is 0. The summed E-state index contributed by atoms with van der Waals surface area (Å²) in [6, 6.07) is 1.62. The van der Waals surface area contributed by atoms with Gasteiger partial charge in [0.2, 0.25) is 11.8 Å². The van der Waals surface area contributed by atoms with Crippen molar-refractivity contribution in [2.75, 3.05) is 14.2 Å². The molecule has 0 saturated heterocycles. The number of carbonyl (C=O) groups is 1. The summed E-state index contributed by atoms with van der Waals surface area (Å²) < 4.78 is 10.2. The number of hydrogen-bond acceptors (Lipinski definition) is 6. The molecule has 5 nitrogen and oxygen atoms in total. The van der Waals surface area contributed by atoms with Crippen molar-refractivity contribution < 1.29 is 14.3 Å². The number of methoxy groups -OCH3 is 2. The van der Waals surface area contributed by atoms with Gasteiger partial charge in [0.15, 0.2) is 5.16 Å². The standard InChI is InChI=1S/C13H18N2O3S/c1-8(9-4-5-9)10(7-16)19-13-14-11(17-2)6-12(15-13)18-3/h6-10H,4-5H2,1-3H3. The second kappa shape index (κ2) is 6.23. The number of ether oxygens (including phenoxy) is 2. The number of nitrogens with zero attached hydrogens (tertiary/aromatic N) is 2. The molecule has 1 aromatic heterocycles. The molecule has 1 fully saturated rings. The highest BCUT2D eigenvalue weighted by molar-refractivity contribution is 8.00. The van der Waals surface area contributed by atoms with E-state index in [1.54, 1.807) is 20.3 Å². The molecule has 0 amide bonds. The van der Waals surface area contributed by atoms with Crippen LogP contribution in [0.15, 0.2) is 11.2 Å². The Morgan fingerprint density at radius 3 is 2.32 bits per heavy atom. The molecule has 1 heterocycles. The Kier molecular flexibility index (Phi) is 4.63. The lowest BCUT2D eigenvalue weighted by atomic mass is 10.0. The molecule has 19 heavy (non-hydrogen) atoms. The summed E-state index contributed by atoms with van der Waals surface area (Å²) in [4.78, 5) is 19.7. The summed E-state index contributed by atoms with van der Waals surface area (Å²) in [6.07, 6.45) is 3.42. The first-order chi connectivity index (χ1) is 9.17. The Hall–Kier alpha value is -1.30. The quantitative estimate of drug-likeness (QED) is 0.434. The first-order valence-electron chi connectivity index (χ1n) is 6.27. The minimum Gasteiger partial charge on any atom is -0.481 e. The van der Waals surface area contributed by atoms with Crippen LogP contribution in [0.5, 0.6) is 11.8 Å². The van der Waals surface area contributed by atoms with Crippen LogP contribution in [0.1, 0.15) is 19.8 Å². The van der Waals surface area contributed by atoms with Crippen LogP contribution in [0.3, 0.4) is 0 Å². The third kappa shape index (κ3) is 3.59. The molecule has 0 aliphatic heterocycles. The summed E-state index contributed by atoms with van der Waals surface area (Å²) in [5, 5.41) is 0.394. The van der Waals surface area contributed by atoms with E-state index in [0.717, 1.165) is 6.29 Å². The van der Waals surface area contributed by atoms with E-state index < -0.39 is 0 Å². The van der Waals surface area contributed by atoms with E-state index in [4.69, 9.17) is 9.47 Å².